The molecule has 0 spiro atoms. The van der Waals surface area contributed by atoms with E-state index in [4.69, 9.17) is 9.47 Å². The van der Waals surface area contributed by atoms with Gasteiger partial charge >= 0.3 is 0 Å². The van der Waals surface area contributed by atoms with Crippen LogP contribution >= 0.6 is 0 Å². The van der Waals surface area contributed by atoms with Crippen molar-refractivity contribution >= 4 is 11.6 Å². The van der Waals surface area contributed by atoms with Gasteiger partial charge in [0.1, 0.15) is 11.5 Å². The molecule has 0 radical (unpaired) electrons. The SMILES string of the molecule is COc1ccc(OC)c(NC(=O)CN2CCCC2c2ccccc2)c1. The second kappa shape index (κ2) is 8.03. The van der Waals surface area contributed by atoms with Gasteiger partial charge in [0.2, 0.25) is 5.91 Å². The molecule has 0 saturated carbocycles. The lowest BCUT2D eigenvalue weighted by Gasteiger charge is -2.24. The van der Waals surface area contributed by atoms with Gasteiger partial charge in [-0.05, 0) is 37.1 Å². The van der Waals surface area contributed by atoms with E-state index < -0.39 is 0 Å². The molecule has 1 atom stereocenters. The summed E-state index contributed by atoms with van der Waals surface area (Å²) in [4.78, 5) is 14.8. The lowest BCUT2D eigenvalue weighted by Crippen LogP contribution is -2.33. The number of hydrogen-bond donors (Lipinski definition) is 1. The third kappa shape index (κ3) is 4.12. The summed E-state index contributed by atoms with van der Waals surface area (Å²) >= 11 is 0. The zero-order valence-electron chi connectivity index (χ0n) is 14.7. The molecule has 5 heteroatoms. The number of amides is 1. The fourth-order valence-electron chi connectivity index (χ4n) is 3.35. The van der Waals surface area contributed by atoms with Crippen LogP contribution in [0.1, 0.15) is 24.4 Å². The summed E-state index contributed by atoms with van der Waals surface area (Å²) in [6.45, 7) is 1.29. The predicted molar refractivity (Wildman–Crippen MR) is 98.2 cm³/mol. The average Bonchev–Trinajstić information content (AvgIpc) is 3.10. The number of methoxy groups -OCH3 is 2. The largest absolute Gasteiger partial charge is 0.497 e. The van der Waals surface area contributed by atoms with E-state index in [-0.39, 0.29) is 5.91 Å². The van der Waals surface area contributed by atoms with Crippen molar-refractivity contribution < 1.29 is 14.3 Å². The Labute approximate surface area is 148 Å². The number of carbonyl (C=O) groups excluding carboxylic acids is 1. The molecule has 1 aliphatic rings. The first kappa shape index (κ1) is 17.3. The molecule has 132 valence electrons. The second-order valence-electron chi connectivity index (χ2n) is 6.15. The predicted octanol–water partition coefficient (Wildman–Crippen LogP) is 3.48. The van der Waals surface area contributed by atoms with Crippen LogP contribution in [0.3, 0.4) is 0 Å². The van der Waals surface area contributed by atoms with Crippen LogP contribution in [0.15, 0.2) is 48.5 Å². The maximum Gasteiger partial charge on any atom is 0.238 e. The Morgan fingerprint density at radius 3 is 2.68 bits per heavy atom. The topological polar surface area (TPSA) is 50.8 Å². The highest BCUT2D eigenvalue weighted by atomic mass is 16.5. The van der Waals surface area contributed by atoms with Crippen LogP contribution in [0.2, 0.25) is 0 Å². The van der Waals surface area contributed by atoms with Crippen molar-refractivity contribution in [1.29, 1.82) is 0 Å². The van der Waals surface area contributed by atoms with E-state index in [1.54, 1.807) is 32.4 Å². The minimum absolute atomic E-state index is 0.0469. The molecule has 1 N–H and O–H groups in total. The fourth-order valence-corrected chi connectivity index (χ4v) is 3.35. The van der Waals surface area contributed by atoms with Gasteiger partial charge in [0.25, 0.3) is 0 Å². The Balaban J connectivity index is 1.68. The van der Waals surface area contributed by atoms with Gasteiger partial charge in [-0.25, -0.2) is 0 Å². The Morgan fingerprint density at radius 2 is 1.96 bits per heavy atom. The number of ether oxygens (including phenoxy) is 2. The van der Waals surface area contributed by atoms with Crippen molar-refractivity contribution in [3.8, 4) is 11.5 Å². The summed E-state index contributed by atoms with van der Waals surface area (Å²) in [5, 5.41) is 2.95. The van der Waals surface area contributed by atoms with E-state index in [2.05, 4.69) is 22.3 Å². The molecule has 0 bridgehead atoms. The van der Waals surface area contributed by atoms with Gasteiger partial charge in [0, 0.05) is 12.1 Å². The van der Waals surface area contributed by atoms with E-state index in [1.807, 2.05) is 18.2 Å². The summed E-state index contributed by atoms with van der Waals surface area (Å²) in [5.41, 5.74) is 1.90. The molecule has 2 aromatic rings. The number of nitrogens with zero attached hydrogens (tertiary/aromatic N) is 1. The lowest BCUT2D eigenvalue weighted by atomic mass is 10.0. The zero-order valence-corrected chi connectivity index (χ0v) is 14.7. The summed E-state index contributed by atoms with van der Waals surface area (Å²) in [6, 6.07) is 16.1. The number of carbonyl (C=O) groups is 1. The summed E-state index contributed by atoms with van der Waals surface area (Å²) in [7, 11) is 3.19. The highest BCUT2D eigenvalue weighted by Crippen LogP contribution is 2.32. The molecule has 25 heavy (non-hydrogen) atoms. The van der Waals surface area contributed by atoms with Gasteiger partial charge in [-0.2, -0.15) is 0 Å². The quantitative estimate of drug-likeness (QED) is 0.875. The van der Waals surface area contributed by atoms with E-state index >= 15 is 0 Å². The summed E-state index contributed by atoms with van der Waals surface area (Å²) in [5.74, 6) is 1.25. The zero-order chi connectivity index (χ0) is 17.6. The second-order valence-corrected chi connectivity index (χ2v) is 6.15. The van der Waals surface area contributed by atoms with Crippen LogP contribution in [-0.4, -0.2) is 38.1 Å². The van der Waals surface area contributed by atoms with Crippen LogP contribution in [-0.2, 0) is 4.79 Å². The number of hydrogen-bond acceptors (Lipinski definition) is 4. The molecule has 5 nitrogen and oxygen atoms in total. The van der Waals surface area contributed by atoms with Crippen molar-refractivity contribution in [3.63, 3.8) is 0 Å². The number of rotatable bonds is 6. The first-order valence-electron chi connectivity index (χ1n) is 8.52. The highest BCUT2D eigenvalue weighted by molar-refractivity contribution is 5.94. The number of anilines is 1. The number of nitrogens with one attached hydrogen (secondary N) is 1. The maximum absolute atomic E-state index is 12.6. The monoisotopic (exact) mass is 340 g/mol. The molecule has 1 amide bonds. The minimum atomic E-state index is -0.0469. The van der Waals surface area contributed by atoms with E-state index in [0.29, 0.717) is 29.8 Å². The maximum atomic E-state index is 12.6. The number of benzene rings is 2. The fraction of sp³-hybridized carbons (Fsp3) is 0.350. The molecule has 2 aromatic carbocycles. The van der Waals surface area contributed by atoms with Gasteiger partial charge < -0.3 is 14.8 Å². The Morgan fingerprint density at radius 1 is 1.16 bits per heavy atom. The van der Waals surface area contributed by atoms with Crippen molar-refractivity contribution in [1.82, 2.24) is 4.90 Å². The van der Waals surface area contributed by atoms with Crippen LogP contribution in [0.4, 0.5) is 5.69 Å². The smallest absolute Gasteiger partial charge is 0.238 e. The van der Waals surface area contributed by atoms with Gasteiger partial charge in [-0.3, -0.25) is 9.69 Å². The van der Waals surface area contributed by atoms with Crippen LogP contribution in [0, 0.1) is 0 Å². The first-order chi connectivity index (χ1) is 12.2. The molecule has 0 aliphatic carbocycles. The molecule has 1 unspecified atom stereocenters. The van der Waals surface area contributed by atoms with Gasteiger partial charge in [0.15, 0.2) is 0 Å². The van der Waals surface area contributed by atoms with Crippen LogP contribution < -0.4 is 14.8 Å². The van der Waals surface area contributed by atoms with Crippen molar-refractivity contribution in [2.75, 3.05) is 32.6 Å². The molecular weight excluding hydrogens is 316 g/mol. The first-order valence-corrected chi connectivity index (χ1v) is 8.52. The summed E-state index contributed by atoms with van der Waals surface area (Å²) < 4.78 is 10.5. The third-order valence-corrected chi connectivity index (χ3v) is 4.58. The van der Waals surface area contributed by atoms with Crippen molar-refractivity contribution in [2.24, 2.45) is 0 Å². The van der Waals surface area contributed by atoms with Crippen LogP contribution in [0.25, 0.3) is 0 Å². The average molecular weight is 340 g/mol. The molecular formula is C20H24N2O3. The third-order valence-electron chi connectivity index (χ3n) is 4.58. The molecule has 3 rings (SSSR count). The van der Waals surface area contributed by atoms with Crippen molar-refractivity contribution in [3.05, 3.63) is 54.1 Å². The van der Waals surface area contributed by atoms with Gasteiger partial charge in [-0.1, -0.05) is 30.3 Å². The van der Waals surface area contributed by atoms with E-state index in [1.165, 1.54) is 5.56 Å². The summed E-state index contributed by atoms with van der Waals surface area (Å²) in [6.07, 6.45) is 2.19. The van der Waals surface area contributed by atoms with Crippen LogP contribution in [0.5, 0.6) is 11.5 Å². The minimum Gasteiger partial charge on any atom is -0.497 e. The molecule has 1 aliphatic heterocycles. The van der Waals surface area contributed by atoms with Crippen molar-refractivity contribution in [2.45, 2.75) is 18.9 Å². The molecule has 1 heterocycles. The Hall–Kier alpha value is -2.53. The molecule has 0 aromatic heterocycles. The van der Waals surface area contributed by atoms with E-state index in [9.17, 15) is 4.79 Å². The Bertz CT molecular complexity index is 718. The normalized spacial score (nSPS) is 17.3. The lowest BCUT2D eigenvalue weighted by molar-refractivity contribution is -0.117. The highest BCUT2D eigenvalue weighted by Gasteiger charge is 2.27. The van der Waals surface area contributed by atoms with Gasteiger partial charge in [0.05, 0.1) is 26.5 Å². The van der Waals surface area contributed by atoms with Gasteiger partial charge in [-0.15, -0.1) is 0 Å². The van der Waals surface area contributed by atoms with E-state index in [0.717, 1.165) is 19.4 Å². The standard InChI is InChI=1S/C20H24N2O3/c1-24-16-10-11-19(25-2)17(13-16)21-20(23)14-22-12-6-9-18(22)15-7-4-3-5-8-15/h3-5,7-8,10-11,13,18H,6,9,12,14H2,1-2H3,(H,21,23). The molecule has 1 saturated heterocycles. The Kier molecular flexibility index (Phi) is 5.56. The number of likely N-dealkylation sites (tertiary alicyclic amines) is 1. The molecule has 1 fully saturated rings.